The normalized spacial score (nSPS) is 12.3. The van der Waals surface area contributed by atoms with Crippen LogP contribution in [0.1, 0.15) is 37.6 Å². The highest BCUT2D eigenvalue weighted by Crippen LogP contribution is 2.22. The molecule has 0 amide bonds. The molecule has 0 radical (unpaired) electrons. The van der Waals surface area contributed by atoms with Crippen LogP contribution in [0.3, 0.4) is 0 Å². The third-order valence-corrected chi connectivity index (χ3v) is 3.20. The average Bonchev–Trinajstić information content (AvgIpc) is 2.51. The van der Waals surface area contributed by atoms with Gasteiger partial charge in [0.25, 0.3) is 0 Å². The second kappa shape index (κ2) is 4.19. The molecule has 1 aromatic carbocycles. The Balaban J connectivity index is 2.28. The number of hydrogen-bond acceptors (Lipinski definition) is 1. The van der Waals surface area contributed by atoms with Crippen LogP contribution in [0.5, 0.6) is 0 Å². The Morgan fingerprint density at radius 3 is 2.53 bits per heavy atom. The Bertz CT molecular complexity index is 530. The van der Waals surface area contributed by atoms with Crippen LogP contribution in [0.15, 0.2) is 18.2 Å². The summed E-state index contributed by atoms with van der Waals surface area (Å²) in [4.78, 5) is 3.41. The number of benzene rings is 1. The molecule has 2 rings (SSSR count). The van der Waals surface area contributed by atoms with Crippen LogP contribution >= 0.6 is 0 Å². The summed E-state index contributed by atoms with van der Waals surface area (Å²) in [5, 5.41) is 4.86. The Kier molecular flexibility index (Phi) is 3.00. The minimum atomic E-state index is 0.165. The summed E-state index contributed by atoms with van der Waals surface area (Å²) in [6.07, 6.45) is 0. The number of hydrogen-bond donors (Lipinski definition) is 2. The lowest BCUT2D eigenvalue weighted by molar-refractivity contribution is 0.424. The molecule has 0 saturated carbocycles. The number of fused-ring (bicyclic) bond motifs is 1. The second-order valence-electron chi connectivity index (χ2n) is 5.86. The molecule has 0 aliphatic rings. The molecule has 0 fully saturated rings. The van der Waals surface area contributed by atoms with E-state index in [1.54, 1.807) is 0 Å². The van der Waals surface area contributed by atoms with Crippen molar-refractivity contribution in [1.82, 2.24) is 10.3 Å². The predicted octanol–water partition coefficient (Wildman–Crippen LogP) is 3.67. The van der Waals surface area contributed by atoms with Crippen LogP contribution < -0.4 is 5.32 Å². The largest absolute Gasteiger partial charge is 0.358 e. The number of nitrogens with one attached hydrogen (secondary N) is 2. The van der Waals surface area contributed by atoms with Gasteiger partial charge in [0.2, 0.25) is 0 Å². The molecule has 2 N–H and O–H groups in total. The van der Waals surface area contributed by atoms with Crippen LogP contribution in [-0.2, 0) is 6.54 Å². The van der Waals surface area contributed by atoms with Crippen molar-refractivity contribution >= 4 is 10.9 Å². The quantitative estimate of drug-likeness (QED) is 0.809. The molecule has 2 nitrogen and oxygen atoms in total. The zero-order valence-corrected chi connectivity index (χ0v) is 11.4. The summed E-state index contributed by atoms with van der Waals surface area (Å²) in [6, 6.07) is 6.65. The summed E-state index contributed by atoms with van der Waals surface area (Å²) in [6.45, 7) is 11.8. The molecule has 0 aliphatic carbocycles. The highest BCUT2D eigenvalue weighted by molar-refractivity contribution is 5.84. The lowest BCUT2D eigenvalue weighted by Gasteiger charge is -2.20. The van der Waals surface area contributed by atoms with Gasteiger partial charge < -0.3 is 10.3 Å². The van der Waals surface area contributed by atoms with Crippen LogP contribution in [0, 0.1) is 13.8 Å². The summed E-state index contributed by atoms with van der Waals surface area (Å²) in [5.74, 6) is 0. The van der Waals surface area contributed by atoms with Gasteiger partial charge in [0, 0.05) is 28.7 Å². The zero-order chi connectivity index (χ0) is 12.6. The fourth-order valence-electron chi connectivity index (χ4n) is 1.99. The number of aryl methyl sites for hydroxylation is 2. The topological polar surface area (TPSA) is 27.8 Å². The zero-order valence-electron chi connectivity index (χ0n) is 11.4. The third kappa shape index (κ3) is 2.70. The number of H-pyrrole nitrogens is 1. The van der Waals surface area contributed by atoms with Gasteiger partial charge in [-0.2, -0.15) is 0 Å². The Labute approximate surface area is 103 Å². The van der Waals surface area contributed by atoms with E-state index in [0.29, 0.717) is 0 Å². The average molecular weight is 230 g/mol. The summed E-state index contributed by atoms with van der Waals surface area (Å²) < 4.78 is 0. The first-order chi connectivity index (χ1) is 7.87. The molecular formula is C15H22N2. The number of rotatable bonds is 2. The van der Waals surface area contributed by atoms with Crippen LogP contribution in [-0.4, -0.2) is 10.5 Å². The standard InChI is InChI=1S/C15H22N2/c1-10-11(2)17-14-7-6-12(8-13(10)14)9-16-15(3,4)5/h6-8,16-17H,9H2,1-5H3. The molecule has 0 atom stereocenters. The molecule has 0 saturated heterocycles. The summed E-state index contributed by atoms with van der Waals surface area (Å²) in [5.41, 5.74) is 5.37. The molecule has 0 bridgehead atoms. The third-order valence-electron chi connectivity index (χ3n) is 3.20. The first kappa shape index (κ1) is 12.2. The highest BCUT2D eigenvalue weighted by atomic mass is 14.9. The van der Waals surface area contributed by atoms with Crippen molar-refractivity contribution < 1.29 is 0 Å². The van der Waals surface area contributed by atoms with Crippen LogP contribution in [0.2, 0.25) is 0 Å². The van der Waals surface area contributed by atoms with E-state index in [9.17, 15) is 0 Å². The van der Waals surface area contributed by atoms with Crippen molar-refractivity contribution in [3.05, 3.63) is 35.0 Å². The van der Waals surface area contributed by atoms with Gasteiger partial charge >= 0.3 is 0 Å². The van der Waals surface area contributed by atoms with Gasteiger partial charge in [0.05, 0.1) is 0 Å². The second-order valence-corrected chi connectivity index (χ2v) is 5.86. The van der Waals surface area contributed by atoms with E-state index < -0.39 is 0 Å². The first-order valence-corrected chi connectivity index (χ1v) is 6.20. The van der Waals surface area contributed by atoms with Crippen molar-refractivity contribution in [1.29, 1.82) is 0 Å². The smallest absolute Gasteiger partial charge is 0.0458 e. The van der Waals surface area contributed by atoms with Crippen molar-refractivity contribution in [2.75, 3.05) is 0 Å². The van der Waals surface area contributed by atoms with Crippen molar-refractivity contribution in [3.8, 4) is 0 Å². The van der Waals surface area contributed by atoms with Gasteiger partial charge in [-0.15, -0.1) is 0 Å². The minimum Gasteiger partial charge on any atom is -0.358 e. The van der Waals surface area contributed by atoms with Gasteiger partial charge in [0.1, 0.15) is 0 Å². The Morgan fingerprint density at radius 2 is 1.88 bits per heavy atom. The van der Waals surface area contributed by atoms with Gasteiger partial charge in [-0.05, 0) is 57.9 Å². The summed E-state index contributed by atoms with van der Waals surface area (Å²) >= 11 is 0. The number of aromatic amines is 1. The monoisotopic (exact) mass is 230 g/mol. The Hall–Kier alpha value is -1.28. The maximum absolute atomic E-state index is 3.52. The first-order valence-electron chi connectivity index (χ1n) is 6.20. The maximum Gasteiger partial charge on any atom is 0.0458 e. The fraction of sp³-hybridized carbons (Fsp3) is 0.467. The van der Waals surface area contributed by atoms with Gasteiger partial charge in [-0.3, -0.25) is 0 Å². The maximum atomic E-state index is 3.52. The summed E-state index contributed by atoms with van der Waals surface area (Å²) in [7, 11) is 0. The SMILES string of the molecule is Cc1[nH]c2ccc(CNC(C)(C)C)cc2c1C. The highest BCUT2D eigenvalue weighted by Gasteiger charge is 2.09. The predicted molar refractivity (Wildman–Crippen MR) is 74.4 cm³/mol. The minimum absolute atomic E-state index is 0.165. The molecule has 0 unspecified atom stereocenters. The van der Waals surface area contributed by atoms with E-state index in [2.05, 4.69) is 63.1 Å². The van der Waals surface area contributed by atoms with Gasteiger partial charge in [0.15, 0.2) is 0 Å². The van der Waals surface area contributed by atoms with Gasteiger partial charge in [-0.1, -0.05) is 6.07 Å². The molecule has 1 heterocycles. The molecule has 92 valence electrons. The molecule has 17 heavy (non-hydrogen) atoms. The van der Waals surface area contributed by atoms with Crippen LogP contribution in [0.25, 0.3) is 10.9 Å². The van der Waals surface area contributed by atoms with E-state index in [1.807, 2.05) is 0 Å². The van der Waals surface area contributed by atoms with E-state index >= 15 is 0 Å². The van der Waals surface area contributed by atoms with Crippen molar-refractivity contribution in [3.63, 3.8) is 0 Å². The van der Waals surface area contributed by atoms with E-state index in [-0.39, 0.29) is 5.54 Å². The molecular weight excluding hydrogens is 208 g/mol. The van der Waals surface area contributed by atoms with E-state index in [4.69, 9.17) is 0 Å². The molecule has 2 heteroatoms. The molecule has 0 aliphatic heterocycles. The van der Waals surface area contributed by atoms with Crippen LogP contribution in [0.4, 0.5) is 0 Å². The fourth-order valence-corrected chi connectivity index (χ4v) is 1.99. The lowest BCUT2D eigenvalue weighted by atomic mass is 10.1. The van der Waals surface area contributed by atoms with Crippen molar-refractivity contribution in [2.24, 2.45) is 0 Å². The lowest BCUT2D eigenvalue weighted by Crippen LogP contribution is -2.35. The van der Waals surface area contributed by atoms with Crippen molar-refractivity contribution in [2.45, 2.75) is 46.7 Å². The molecule has 0 spiro atoms. The number of aromatic nitrogens is 1. The van der Waals surface area contributed by atoms with Gasteiger partial charge in [-0.25, -0.2) is 0 Å². The molecule has 1 aromatic heterocycles. The molecule has 2 aromatic rings. The Morgan fingerprint density at radius 1 is 1.18 bits per heavy atom. The van der Waals surface area contributed by atoms with E-state index in [0.717, 1.165) is 6.54 Å². The van der Waals surface area contributed by atoms with E-state index in [1.165, 1.54) is 27.7 Å².